The number of nitrogens with two attached hydrogens (primary N) is 2. The van der Waals surface area contributed by atoms with Crippen molar-refractivity contribution in [2.45, 2.75) is 38.6 Å². The molecule has 0 radical (unpaired) electrons. The zero-order chi connectivity index (χ0) is 25.9. The van der Waals surface area contributed by atoms with Crippen LogP contribution in [0.5, 0.6) is 0 Å². The van der Waals surface area contributed by atoms with Gasteiger partial charge in [-0.15, -0.1) is 0 Å². The molecule has 4 rings (SSSR count). The fourth-order valence-electron chi connectivity index (χ4n) is 4.67. The van der Waals surface area contributed by atoms with Crippen LogP contribution in [0.25, 0.3) is 27.9 Å². The summed E-state index contributed by atoms with van der Waals surface area (Å²) in [7, 11) is 0. The molecule has 3 aromatic rings. The Hall–Kier alpha value is -2.86. The van der Waals surface area contributed by atoms with Crippen LogP contribution in [0.3, 0.4) is 0 Å². The van der Waals surface area contributed by atoms with Gasteiger partial charge in [0.1, 0.15) is 0 Å². The summed E-state index contributed by atoms with van der Waals surface area (Å²) in [5.41, 5.74) is 18.6. The Morgan fingerprint density at radius 3 is 2.33 bits per heavy atom. The van der Waals surface area contributed by atoms with Gasteiger partial charge in [-0.3, -0.25) is 0 Å². The molecule has 5 nitrogen and oxygen atoms in total. The van der Waals surface area contributed by atoms with Crippen LogP contribution in [-0.2, 0) is 5.54 Å². The normalized spacial score (nSPS) is 15.7. The third-order valence-electron chi connectivity index (χ3n) is 7.28. The molecule has 1 unspecified atom stereocenters. The second-order valence-electron chi connectivity index (χ2n) is 10.0. The predicted octanol–water partition coefficient (Wildman–Crippen LogP) is 5.98. The number of fused-ring (bicyclic) bond motifs is 1. The lowest BCUT2D eigenvalue weighted by atomic mass is 9.92. The Bertz CT molecular complexity index is 1240. The van der Waals surface area contributed by atoms with Crippen LogP contribution in [0.4, 0.5) is 0 Å². The number of hydrogen-bond donors (Lipinski definition) is 2. The van der Waals surface area contributed by atoms with Crippen molar-refractivity contribution in [2.75, 3.05) is 32.7 Å². The number of allylic oxidation sites excluding steroid dienone is 1. The first kappa shape index (κ1) is 26.2. The summed E-state index contributed by atoms with van der Waals surface area (Å²) in [6.07, 6.45) is 3.48. The minimum absolute atomic E-state index is 0.377. The number of rotatable bonds is 9. The van der Waals surface area contributed by atoms with E-state index in [1.807, 2.05) is 43.3 Å². The molecule has 4 N–H and O–H groups in total. The van der Waals surface area contributed by atoms with Crippen LogP contribution in [0.15, 0.2) is 67.4 Å². The number of unbranched alkanes of at least 4 members (excludes halogenated alkanes) is 1. The average molecular weight is 504 g/mol. The van der Waals surface area contributed by atoms with Crippen molar-refractivity contribution in [1.82, 2.24) is 14.8 Å². The van der Waals surface area contributed by atoms with E-state index in [4.69, 9.17) is 28.1 Å². The molecule has 2 heterocycles. The maximum atomic E-state index is 6.68. The zero-order valence-electron chi connectivity index (χ0n) is 21.6. The molecular formula is C30H38ClN5. The molecule has 1 aliphatic rings. The molecule has 0 spiro atoms. The number of nitrogens with zero attached hydrogens (tertiary/aromatic N) is 3. The summed E-state index contributed by atoms with van der Waals surface area (Å²) >= 11 is 6.68. The number of pyridine rings is 1. The van der Waals surface area contributed by atoms with Crippen molar-refractivity contribution in [1.29, 1.82) is 0 Å². The highest BCUT2D eigenvalue weighted by Gasteiger charge is 2.21. The molecule has 1 aliphatic heterocycles. The van der Waals surface area contributed by atoms with Crippen LogP contribution in [-0.4, -0.2) is 47.5 Å². The van der Waals surface area contributed by atoms with Crippen LogP contribution in [0.1, 0.15) is 44.2 Å². The number of hydrogen-bond acceptors (Lipinski definition) is 5. The standard InChI is InChI=1S/C30H38ClN5/c1-5-6-7-21(2)35-14-16-36(17-15-35)22(3)24-10-13-26-27(31)19-28(34-29(26)18-24)23-8-11-25(12-9-23)30(4,33)20-32/h8-13,18-19H,2-3,5-7,14-17,20,32-33H2,1,4H3. The lowest BCUT2D eigenvalue weighted by Gasteiger charge is -2.39. The van der Waals surface area contributed by atoms with E-state index < -0.39 is 5.54 Å². The Morgan fingerprint density at radius 1 is 1.03 bits per heavy atom. The van der Waals surface area contributed by atoms with Crippen molar-refractivity contribution >= 4 is 28.2 Å². The van der Waals surface area contributed by atoms with Crippen LogP contribution >= 0.6 is 11.6 Å². The van der Waals surface area contributed by atoms with Gasteiger partial charge in [-0.1, -0.05) is 74.5 Å². The Kier molecular flexibility index (Phi) is 8.04. The van der Waals surface area contributed by atoms with E-state index in [9.17, 15) is 0 Å². The van der Waals surface area contributed by atoms with Gasteiger partial charge >= 0.3 is 0 Å². The van der Waals surface area contributed by atoms with Crippen LogP contribution < -0.4 is 11.5 Å². The molecule has 1 atom stereocenters. The van der Waals surface area contributed by atoms with Crippen molar-refractivity contribution in [2.24, 2.45) is 11.5 Å². The first-order valence-corrected chi connectivity index (χ1v) is 13.2. The van der Waals surface area contributed by atoms with Crippen molar-refractivity contribution in [3.05, 3.63) is 83.5 Å². The monoisotopic (exact) mass is 503 g/mol. The molecule has 1 aromatic heterocycles. The highest BCUT2D eigenvalue weighted by atomic mass is 35.5. The van der Waals surface area contributed by atoms with Crippen molar-refractivity contribution in [3.63, 3.8) is 0 Å². The topological polar surface area (TPSA) is 71.4 Å². The molecule has 0 amide bonds. The van der Waals surface area contributed by atoms with E-state index in [-0.39, 0.29) is 0 Å². The molecular weight excluding hydrogens is 466 g/mol. The smallest absolute Gasteiger partial charge is 0.0731 e. The molecule has 190 valence electrons. The SMILES string of the molecule is C=C(CCCC)N1CCN(C(=C)c2ccc3c(Cl)cc(-c4ccc(C(C)(N)CN)cc4)nc3c2)CC1. The number of piperazine rings is 1. The maximum absolute atomic E-state index is 6.68. The molecule has 0 bridgehead atoms. The molecule has 0 saturated carbocycles. The summed E-state index contributed by atoms with van der Waals surface area (Å²) in [6, 6.07) is 16.2. The summed E-state index contributed by atoms with van der Waals surface area (Å²) < 4.78 is 0. The van der Waals surface area contributed by atoms with E-state index in [1.54, 1.807) is 0 Å². The summed E-state index contributed by atoms with van der Waals surface area (Å²) in [6.45, 7) is 17.1. The van der Waals surface area contributed by atoms with Gasteiger partial charge < -0.3 is 21.3 Å². The van der Waals surface area contributed by atoms with Gasteiger partial charge in [0, 0.05) is 55.1 Å². The second kappa shape index (κ2) is 11.0. The fourth-order valence-corrected chi connectivity index (χ4v) is 4.93. The van der Waals surface area contributed by atoms with Gasteiger partial charge in [-0.05, 0) is 43.0 Å². The highest BCUT2D eigenvalue weighted by Crippen LogP contribution is 2.31. The summed E-state index contributed by atoms with van der Waals surface area (Å²) in [5.74, 6) is 0. The molecule has 36 heavy (non-hydrogen) atoms. The van der Waals surface area contributed by atoms with Crippen LogP contribution in [0, 0.1) is 0 Å². The molecule has 2 aromatic carbocycles. The maximum Gasteiger partial charge on any atom is 0.0731 e. The summed E-state index contributed by atoms with van der Waals surface area (Å²) in [4.78, 5) is 9.72. The Labute approximate surface area is 220 Å². The zero-order valence-corrected chi connectivity index (χ0v) is 22.3. The Balaban J connectivity index is 1.53. The molecule has 0 aliphatic carbocycles. The number of aromatic nitrogens is 1. The van der Waals surface area contributed by atoms with Gasteiger partial charge in [-0.25, -0.2) is 4.98 Å². The van der Waals surface area contributed by atoms with E-state index in [0.29, 0.717) is 11.6 Å². The quantitative estimate of drug-likeness (QED) is 0.376. The predicted molar refractivity (Wildman–Crippen MR) is 154 cm³/mol. The van der Waals surface area contributed by atoms with E-state index in [1.165, 1.54) is 18.5 Å². The summed E-state index contributed by atoms with van der Waals surface area (Å²) in [5, 5.41) is 1.62. The third-order valence-corrected chi connectivity index (χ3v) is 7.60. The largest absolute Gasteiger partial charge is 0.372 e. The highest BCUT2D eigenvalue weighted by molar-refractivity contribution is 6.35. The first-order chi connectivity index (χ1) is 17.2. The van der Waals surface area contributed by atoms with Gasteiger partial charge in [0.2, 0.25) is 0 Å². The average Bonchev–Trinajstić information content (AvgIpc) is 2.91. The van der Waals surface area contributed by atoms with E-state index in [2.05, 4.69) is 42.0 Å². The fraction of sp³-hybridized carbons (Fsp3) is 0.367. The minimum atomic E-state index is -0.559. The first-order valence-electron chi connectivity index (χ1n) is 12.8. The number of halogens is 1. The van der Waals surface area contributed by atoms with Crippen molar-refractivity contribution in [3.8, 4) is 11.3 Å². The Morgan fingerprint density at radius 2 is 1.69 bits per heavy atom. The molecule has 1 fully saturated rings. The minimum Gasteiger partial charge on any atom is -0.372 e. The van der Waals surface area contributed by atoms with Gasteiger partial charge in [0.15, 0.2) is 0 Å². The van der Waals surface area contributed by atoms with E-state index in [0.717, 1.165) is 71.6 Å². The van der Waals surface area contributed by atoms with Gasteiger partial charge in [-0.2, -0.15) is 0 Å². The third kappa shape index (κ3) is 5.59. The lowest BCUT2D eigenvalue weighted by Crippen LogP contribution is -2.44. The van der Waals surface area contributed by atoms with Gasteiger partial charge in [0.05, 0.1) is 21.8 Å². The van der Waals surface area contributed by atoms with Crippen LogP contribution in [0.2, 0.25) is 5.02 Å². The second-order valence-corrected chi connectivity index (χ2v) is 10.4. The number of benzene rings is 2. The lowest BCUT2D eigenvalue weighted by molar-refractivity contribution is 0.209. The van der Waals surface area contributed by atoms with Gasteiger partial charge in [0.25, 0.3) is 0 Å². The molecule has 6 heteroatoms. The van der Waals surface area contributed by atoms with Crippen molar-refractivity contribution < 1.29 is 0 Å². The van der Waals surface area contributed by atoms with E-state index >= 15 is 0 Å². The molecule has 1 saturated heterocycles.